The van der Waals surface area contributed by atoms with Crippen molar-refractivity contribution in [3.63, 3.8) is 0 Å². The molecular formula is C24H20Cl2FN3O4. The quantitative estimate of drug-likeness (QED) is 0.251. The maximum absolute atomic E-state index is 12.9. The molecule has 0 aliphatic carbocycles. The summed E-state index contributed by atoms with van der Waals surface area (Å²) in [5.41, 5.74) is 3.85. The first kappa shape index (κ1) is 25.0. The summed E-state index contributed by atoms with van der Waals surface area (Å²) in [5.74, 6) is -1.39. The summed E-state index contributed by atoms with van der Waals surface area (Å²) in [4.78, 5) is 23.8. The molecule has 0 aliphatic heterocycles. The number of carbonyl (C=O) groups excluding carboxylic acids is 2. The second-order valence-electron chi connectivity index (χ2n) is 6.84. The van der Waals surface area contributed by atoms with Crippen molar-refractivity contribution in [1.29, 1.82) is 0 Å². The molecule has 0 saturated carbocycles. The highest BCUT2D eigenvalue weighted by molar-refractivity contribution is 6.42. The molecule has 0 heterocycles. The fourth-order valence-corrected chi connectivity index (χ4v) is 3.04. The van der Waals surface area contributed by atoms with Crippen LogP contribution in [0.3, 0.4) is 0 Å². The molecule has 2 N–H and O–H groups in total. The Balaban J connectivity index is 1.59. The summed E-state index contributed by atoms with van der Waals surface area (Å²) in [6.07, 6.45) is 1.36. The second-order valence-corrected chi connectivity index (χ2v) is 7.65. The number of ether oxygens (including phenoxy) is 2. The van der Waals surface area contributed by atoms with Crippen LogP contribution in [0.4, 0.5) is 10.1 Å². The Bertz CT molecular complexity index is 1200. The molecule has 0 atom stereocenters. The molecule has 0 aliphatic rings. The van der Waals surface area contributed by atoms with Gasteiger partial charge in [0.15, 0.2) is 11.5 Å². The maximum Gasteiger partial charge on any atom is 0.329 e. The Hall–Kier alpha value is -3.62. The second kappa shape index (κ2) is 12.0. The number of nitrogens with one attached hydrogen (secondary N) is 2. The van der Waals surface area contributed by atoms with Crippen molar-refractivity contribution in [3.05, 3.63) is 87.7 Å². The van der Waals surface area contributed by atoms with E-state index in [0.717, 1.165) is 5.56 Å². The van der Waals surface area contributed by atoms with Gasteiger partial charge >= 0.3 is 11.8 Å². The van der Waals surface area contributed by atoms with Gasteiger partial charge in [-0.15, -0.1) is 0 Å². The van der Waals surface area contributed by atoms with Gasteiger partial charge in [-0.1, -0.05) is 29.3 Å². The fraction of sp³-hybridized carbons (Fsp3) is 0.125. The molecule has 0 bridgehead atoms. The lowest BCUT2D eigenvalue weighted by Crippen LogP contribution is -2.32. The Morgan fingerprint density at radius 2 is 1.71 bits per heavy atom. The van der Waals surface area contributed by atoms with E-state index in [2.05, 4.69) is 15.8 Å². The minimum Gasteiger partial charge on any atom is -0.490 e. The van der Waals surface area contributed by atoms with Gasteiger partial charge in [-0.2, -0.15) is 5.10 Å². The van der Waals surface area contributed by atoms with Crippen molar-refractivity contribution in [1.82, 2.24) is 5.43 Å². The third-order valence-corrected chi connectivity index (χ3v) is 5.07. The molecule has 0 unspecified atom stereocenters. The summed E-state index contributed by atoms with van der Waals surface area (Å²) < 4.78 is 24.4. The van der Waals surface area contributed by atoms with Gasteiger partial charge in [-0.25, -0.2) is 9.82 Å². The summed E-state index contributed by atoms with van der Waals surface area (Å²) in [6.45, 7) is 2.50. The number of carbonyl (C=O) groups is 2. The Morgan fingerprint density at radius 3 is 2.41 bits per heavy atom. The smallest absolute Gasteiger partial charge is 0.329 e. The van der Waals surface area contributed by atoms with Crippen LogP contribution in [-0.2, 0) is 16.2 Å². The number of rotatable bonds is 8. The van der Waals surface area contributed by atoms with Crippen molar-refractivity contribution >= 4 is 46.9 Å². The molecule has 0 radical (unpaired) electrons. The molecule has 10 heteroatoms. The molecule has 3 rings (SSSR count). The van der Waals surface area contributed by atoms with Gasteiger partial charge < -0.3 is 14.8 Å². The van der Waals surface area contributed by atoms with Gasteiger partial charge in [0.1, 0.15) is 12.4 Å². The van der Waals surface area contributed by atoms with E-state index < -0.39 is 17.6 Å². The predicted octanol–water partition coefficient (Wildman–Crippen LogP) is 5.20. The van der Waals surface area contributed by atoms with Crippen LogP contribution < -0.4 is 20.2 Å². The summed E-state index contributed by atoms with van der Waals surface area (Å²) in [7, 11) is 0. The zero-order valence-corrected chi connectivity index (χ0v) is 19.5. The van der Waals surface area contributed by atoms with Gasteiger partial charge in [-0.3, -0.25) is 9.59 Å². The summed E-state index contributed by atoms with van der Waals surface area (Å²) >= 11 is 12.0. The van der Waals surface area contributed by atoms with Crippen LogP contribution in [0.15, 0.2) is 65.8 Å². The van der Waals surface area contributed by atoms with E-state index in [-0.39, 0.29) is 12.3 Å². The third-order valence-electron chi connectivity index (χ3n) is 4.33. The number of hydrazone groups is 1. The van der Waals surface area contributed by atoms with Crippen molar-refractivity contribution in [2.75, 3.05) is 11.9 Å². The zero-order valence-electron chi connectivity index (χ0n) is 18.0. The normalized spacial score (nSPS) is 10.7. The molecule has 34 heavy (non-hydrogen) atoms. The molecule has 3 aromatic rings. The van der Waals surface area contributed by atoms with Gasteiger partial charge in [0.25, 0.3) is 0 Å². The third kappa shape index (κ3) is 7.19. The number of halogens is 3. The van der Waals surface area contributed by atoms with E-state index >= 15 is 0 Å². The molecule has 0 fully saturated rings. The Morgan fingerprint density at radius 1 is 0.941 bits per heavy atom. The first-order chi connectivity index (χ1) is 16.4. The highest BCUT2D eigenvalue weighted by atomic mass is 35.5. The molecule has 0 spiro atoms. The first-order valence-electron chi connectivity index (χ1n) is 10.1. The van der Waals surface area contributed by atoms with Crippen LogP contribution in [0.25, 0.3) is 0 Å². The average molecular weight is 504 g/mol. The van der Waals surface area contributed by atoms with Crippen LogP contribution in [0.1, 0.15) is 18.1 Å². The Kier molecular flexibility index (Phi) is 8.84. The number of amides is 2. The topological polar surface area (TPSA) is 89.0 Å². The molecule has 3 aromatic carbocycles. The Labute approximate surface area is 205 Å². The monoisotopic (exact) mass is 503 g/mol. The van der Waals surface area contributed by atoms with Crippen LogP contribution in [0, 0.1) is 5.82 Å². The van der Waals surface area contributed by atoms with E-state index in [1.54, 1.807) is 30.3 Å². The van der Waals surface area contributed by atoms with Gasteiger partial charge in [0.2, 0.25) is 0 Å². The van der Waals surface area contributed by atoms with Crippen LogP contribution in [-0.4, -0.2) is 24.6 Å². The van der Waals surface area contributed by atoms with Crippen molar-refractivity contribution in [2.45, 2.75) is 13.5 Å². The largest absolute Gasteiger partial charge is 0.490 e. The lowest BCUT2D eigenvalue weighted by atomic mass is 10.2. The van der Waals surface area contributed by atoms with Crippen LogP contribution in [0.2, 0.25) is 10.0 Å². The SMILES string of the molecule is CCOc1cc(/C=N\NC(=O)C(=O)Nc2ccc(F)cc2)ccc1OCc1ccc(Cl)c(Cl)c1. The zero-order chi connectivity index (χ0) is 24.5. The summed E-state index contributed by atoms with van der Waals surface area (Å²) in [6, 6.07) is 15.3. The highest BCUT2D eigenvalue weighted by Gasteiger charge is 2.13. The van der Waals surface area contributed by atoms with Gasteiger partial charge in [0, 0.05) is 5.69 Å². The molecule has 0 saturated heterocycles. The minimum absolute atomic E-state index is 0.254. The average Bonchev–Trinajstić information content (AvgIpc) is 2.82. The predicted molar refractivity (Wildman–Crippen MR) is 129 cm³/mol. The number of hydrogen-bond acceptors (Lipinski definition) is 5. The van der Waals surface area contributed by atoms with Crippen molar-refractivity contribution < 1.29 is 23.5 Å². The molecule has 7 nitrogen and oxygen atoms in total. The van der Waals surface area contributed by atoms with E-state index in [4.69, 9.17) is 32.7 Å². The molecule has 0 aromatic heterocycles. The summed E-state index contributed by atoms with van der Waals surface area (Å²) in [5, 5.41) is 7.03. The lowest BCUT2D eigenvalue weighted by Gasteiger charge is -2.13. The first-order valence-corrected chi connectivity index (χ1v) is 10.8. The van der Waals surface area contributed by atoms with E-state index in [0.29, 0.717) is 33.7 Å². The van der Waals surface area contributed by atoms with Crippen molar-refractivity contribution in [3.8, 4) is 11.5 Å². The van der Waals surface area contributed by atoms with Crippen molar-refractivity contribution in [2.24, 2.45) is 5.10 Å². The van der Waals surface area contributed by atoms with Gasteiger partial charge in [0.05, 0.1) is 22.9 Å². The number of nitrogens with zero attached hydrogens (tertiary/aromatic N) is 1. The van der Waals surface area contributed by atoms with E-state index in [1.165, 1.54) is 30.5 Å². The highest BCUT2D eigenvalue weighted by Crippen LogP contribution is 2.30. The van der Waals surface area contributed by atoms with E-state index in [1.807, 2.05) is 13.0 Å². The fourth-order valence-electron chi connectivity index (χ4n) is 2.72. The maximum atomic E-state index is 12.9. The minimum atomic E-state index is -0.979. The van der Waals surface area contributed by atoms with Crippen LogP contribution in [0.5, 0.6) is 11.5 Å². The molecule has 176 valence electrons. The lowest BCUT2D eigenvalue weighted by molar-refractivity contribution is -0.136. The molecule has 2 amide bonds. The van der Waals surface area contributed by atoms with Crippen LogP contribution >= 0.6 is 23.2 Å². The van der Waals surface area contributed by atoms with Gasteiger partial charge in [-0.05, 0) is 72.6 Å². The standard InChI is InChI=1S/C24H20Cl2FN3O4/c1-2-33-22-12-15(4-10-21(22)34-14-16-3-9-19(25)20(26)11-16)13-28-30-24(32)23(31)29-18-7-5-17(27)6-8-18/h3-13H,2,14H2,1H3,(H,29,31)(H,30,32)/b28-13-. The number of anilines is 1. The van der Waals surface area contributed by atoms with E-state index in [9.17, 15) is 14.0 Å². The molecular weight excluding hydrogens is 484 g/mol. The number of benzene rings is 3. The number of hydrogen-bond donors (Lipinski definition) is 2.